The summed E-state index contributed by atoms with van der Waals surface area (Å²) in [6.07, 6.45) is 0. The van der Waals surface area contributed by atoms with Crippen LogP contribution in [0.25, 0.3) is 11.1 Å². The van der Waals surface area contributed by atoms with Crippen molar-refractivity contribution in [2.45, 2.75) is 0 Å². The zero-order valence-corrected chi connectivity index (χ0v) is 10.6. The highest BCUT2D eigenvalue weighted by Crippen LogP contribution is 2.28. The Morgan fingerprint density at radius 3 is 1.81 bits per heavy atom. The van der Waals surface area contributed by atoms with Crippen LogP contribution in [0.5, 0.6) is 0 Å². The van der Waals surface area contributed by atoms with Crippen molar-refractivity contribution in [3.05, 3.63) is 59.2 Å². The van der Waals surface area contributed by atoms with E-state index in [1.54, 1.807) is 6.07 Å². The first-order chi connectivity index (χ1) is 9.91. The molecule has 106 valence electrons. The summed E-state index contributed by atoms with van der Waals surface area (Å²) in [6.45, 7) is 0. The maximum Gasteiger partial charge on any atom is 0.336 e. The van der Waals surface area contributed by atoms with Crippen LogP contribution in [0.4, 0.5) is 0 Å². The predicted octanol–water partition coefficient (Wildman–Crippen LogP) is 2.45. The van der Waals surface area contributed by atoms with Crippen LogP contribution in [0, 0.1) is 0 Å². The monoisotopic (exact) mass is 286 g/mol. The molecule has 0 fully saturated rings. The highest BCUT2D eigenvalue weighted by molar-refractivity contribution is 6.03. The van der Waals surface area contributed by atoms with Crippen LogP contribution in [-0.2, 0) is 0 Å². The highest BCUT2D eigenvalue weighted by Gasteiger charge is 2.19. The maximum atomic E-state index is 11.3. The summed E-state index contributed by atoms with van der Waals surface area (Å²) in [5.74, 6) is -3.77. The number of carboxylic acid groups (broad SMARTS) is 3. The van der Waals surface area contributed by atoms with Gasteiger partial charge in [0, 0.05) is 0 Å². The fourth-order valence-electron chi connectivity index (χ4n) is 1.99. The molecule has 0 amide bonds. The van der Waals surface area contributed by atoms with E-state index < -0.39 is 17.9 Å². The van der Waals surface area contributed by atoms with Gasteiger partial charge in [-0.3, -0.25) is 0 Å². The summed E-state index contributed by atoms with van der Waals surface area (Å²) in [5.41, 5.74) is -0.111. The lowest BCUT2D eigenvalue weighted by Crippen LogP contribution is -2.06. The number of hydrogen-bond acceptors (Lipinski definition) is 3. The second-order valence-electron chi connectivity index (χ2n) is 4.22. The smallest absolute Gasteiger partial charge is 0.336 e. The van der Waals surface area contributed by atoms with E-state index in [4.69, 9.17) is 10.2 Å². The number of rotatable bonds is 4. The van der Waals surface area contributed by atoms with Gasteiger partial charge in [0.1, 0.15) is 0 Å². The Balaban J connectivity index is 2.72. The van der Waals surface area contributed by atoms with Crippen molar-refractivity contribution in [3.63, 3.8) is 0 Å². The Morgan fingerprint density at radius 1 is 0.667 bits per heavy atom. The summed E-state index contributed by atoms with van der Waals surface area (Å²) in [4.78, 5) is 33.4. The molecule has 0 aliphatic carbocycles. The van der Waals surface area contributed by atoms with Crippen molar-refractivity contribution in [1.29, 1.82) is 0 Å². The molecule has 0 bridgehead atoms. The number of hydrogen-bond donors (Lipinski definition) is 3. The molecule has 3 N–H and O–H groups in total. The molecule has 21 heavy (non-hydrogen) atoms. The summed E-state index contributed by atoms with van der Waals surface area (Å²) in [6, 6.07) is 9.49. The summed E-state index contributed by atoms with van der Waals surface area (Å²) in [5, 5.41) is 27.3. The Labute approximate surface area is 118 Å². The van der Waals surface area contributed by atoms with Gasteiger partial charge in [0.2, 0.25) is 0 Å². The fraction of sp³-hybridized carbons (Fsp3) is 0. The van der Waals surface area contributed by atoms with E-state index in [1.165, 1.54) is 30.3 Å². The van der Waals surface area contributed by atoms with Crippen LogP contribution in [0.1, 0.15) is 31.1 Å². The van der Waals surface area contributed by atoms with Crippen molar-refractivity contribution in [3.8, 4) is 11.1 Å². The minimum absolute atomic E-state index is 0.0527. The standard InChI is InChI=1S/C15H10O6/c16-13(17)8-5-6-10(12(7-8)15(20)21)9-3-1-2-4-11(9)14(18)19/h1-7H,(H,16,17)(H,18,19)(H,20,21). The normalized spacial score (nSPS) is 10.1. The molecular formula is C15H10O6. The summed E-state index contributed by atoms with van der Waals surface area (Å²) >= 11 is 0. The molecule has 0 spiro atoms. The first kappa shape index (κ1) is 14.3. The average molecular weight is 286 g/mol. The molecule has 2 aromatic carbocycles. The van der Waals surface area contributed by atoms with Gasteiger partial charge in [-0.05, 0) is 29.3 Å². The van der Waals surface area contributed by atoms with Gasteiger partial charge in [0.25, 0.3) is 0 Å². The van der Waals surface area contributed by atoms with E-state index in [9.17, 15) is 19.5 Å². The van der Waals surface area contributed by atoms with Crippen LogP contribution in [-0.4, -0.2) is 33.2 Å². The topological polar surface area (TPSA) is 112 Å². The van der Waals surface area contributed by atoms with Crippen LogP contribution >= 0.6 is 0 Å². The first-order valence-electron chi connectivity index (χ1n) is 5.85. The number of benzene rings is 2. The van der Waals surface area contributed by atoms with E-state index in [1.807, 2.05) is 0 Å². The third-order valence-corrected chi connectivity index (χ3v) is 2.94. The number of aromatic carboxylic acids is 3. The van der Waals surface area contributed by atoms with Crippen molar-refractivity contribution in [2.24, 2.45) is 0 Å². The lowest BCUT2D eigenvalue weighted by molar-refractivity contribution is 0.0680. The molecule has 0 atom stereocenters. The Kier molecular flexibility index (Phi) is 3.71. The summed E-state index contributed by atoms with van der Waals surface area (Å²) < 4.78 is 0. The van der Waals surface area contributed by atoms with Crippen molar-refractivity contribution >= 4 is 17.9 Å². The molecule has 0 aromatic heterocycles. The molecule has 6 heteroatoms. The maximum absolute atomic E-state index is 11.3. The molecule has 0 saturated carbocycles. The van der Waals surface area contributed by atoms with Gasteiger partial charge in [-0.2, -0.15) is 0 Å². The predicted molar refractivity (Wildman–Crippen MR) is 72.8 cm³/mol. The van der Waals surface area contributed by atoms with Crippen LogP contribution in [0.15, 0.2) is 42.5 Å². The van der Waals surface area contributed by atoms with Gasteiger partial charge in [-0.25, -0.2) is 14.4 Å². The summed E-state index contributed by atoms with van der Waals surface area (Å²) in [7, 11) is 0. The Bertz CT molecular complexity index is 748. The second-order valence-corrected chi connectivity index (χ2v) is 4.22. The minimum Gasteiger partial charge on any atom is -0.478 e. The Hall–Kier alpha value is -3.15. The van der Waals surface area contributed by atoms with Gasteiger partial charge in [0.05, 0.1) is 16.7 Å². The largest absolute Gasteiger partial charge is 0.478 e. The molecule has 0 saturated heterocycles. The second kappa shape index (κ2) is 5.46. The zero-order chi connectivity index (χ0) is 15.6. The van der Waals surface area contributed by atoms with E-state index in [2.05, 4.69) is 0 Å². The molecule has 2 aromatic rings. The number of carboxylic acids is 3. The lowest BCUT2D eigenvalue weighted by Gasteiger charge is -2.10. The first-order valence-corrected chi connectivity index (χ1v) is 5.85. The van der Waals surface area contributed by atoms with Gasteiger partial charge >= 0.3 is 17.9 Å². The minimum atomic E-state index is -1.33. The van der Waals surface area contributed by atoms with Crippen molar-refractivity contribution < 1.29 is 29.7 Å². The molecule has 0 aliphatic heterocycles. The third-order valence-electron chi connectivity index (χ3n) is 2.94. The van der Waals surface area contributed by atoms with Gasteiger partial charge in [-0.1, -0.05) is 24.3 Å². The van der Waals surface area contributed by atoms with E-state index in [-0.39, 0.29) is 27.8 Å². The average Bonchev–Trinajstić information content (AvgIpc) is 2.46. The van der Waals surface area contributed by atoms with Crippen LogP contribution in [0.2, 0.25) is 0 Å². The third kappa shape index (κ3) is 2.74. The highest BCUT2D eigenvalue weighted by atomic mass is 16.4. The molecule has 2 rings (SSSR count). The van der Waals surface area contributed by atoms with Gasteiger partial charge in [-0.15, -0.1) is 0 Å². The van der Waals surface area contributed by atoms with Gasteiger partial charge < -0.3 is 15.3 Å². The van der Waals surface area contributed by atoms with Gasteiger partial charge in [0.15, 0.2) is 0 Å². The van der Waals surface area contributed by atoms with Crippen molar-refractivity contribution in [1.82, 2.24) is 0 Å². The van der Waals surface area contributed by atoms with E-state index in [0.717, 1.165) is 6.07 Å². The number of carbonyl (C=O) groups is 3. The SMILES string of the molecule is O=C(O)c1ccc(-c2ccccc2C(=O)O)c(C(=O)O)c1. The molecule has 6 nitrogen and oxygen atoms in total. The Morgan fingerprint density at radius 2 is 1.24 bits per heavy atom. The van der Waals surface area contributed by atoms with Crippen LogP contribution < -0.4 is 0 Å². The molecule has 0 aliphatic rings. The van der Waals surface area contributed by atoms with E-state index in [0.29, 0.717) is 0 Å². The molecular weight excluding hydrogens is 276 g/mol. The fourth-order valence-corrected chi connectivity index (χ4v) is 1.99. The molecule has 0 heterocycles. The molecule has 0 radical (unpaired) electrons. The van der Waals surface area contributed by atoms with E-state index >= 15 is 0 Å². The zero-order valence-electron chi connectivity index (χ0n) is 10.6. The lowest BCUT2D eigenvalue weighted by atomic mass is 9.94. The van der Waals surface area contributed by atoms with Crippen molar-refractivity contribution in [2.75, 3.05) is 0 Å². The van der Waals surface area contributed by atoms with Crippen LogP contribution in [0.3, 0.4) is 0 Å². The quantitative estimate of drug-likeness (QED) is 0.795. The molecule has 0 unspecified atom stereocenters.